The smallest absolute Gasteiger partial charge is 0.352 e. The molecule has 0 unspecified atom stereocenters. The lowest BCUT2D eigenvalue weighted by Gasteiger charge is -2.25. The summed E-state index contributed by atoms with van der Waals surface area (Å²) in [4.78, 5) is 77.8. The van der Waals surface area contributed by atoms with E-state index in [9.17, 15) is 28.8 Å². The summed E-state index contributed by atoms with van der Waals surface area (Å²) in [5, 5.41) is 11.6. The number of aliphatic carboxylic acids is 1. The molecule has 0 aliphatic carbocycles. The van der Waals surface area contributed by atoms with E-state index in [-0.39, 0.29) is 49.3 Å². The highest BCUT2D eigenvalue weighted by Crippen LogP contribution is 2.39. The number of cyclic esters (lactones) is 1. The number of carbonyl (C=O) groups excluding carboxylic acids is 4. The van der Waals surface area contributed by atoms with Crippen molar-refractivity contribution < 1.29 is 43.3 Å². The predicted molar refractivity (Wildman–Crippen MR) is 149 cm³/mol. The van der Waals surface area contributed by atoms with Gasteiger partial charge in [0.1, 0.15) is 18.9 Å². The van der Waals surface area contributed by atoms with Crippen LogP contribution in [0.25, 0.3) is 22.3 Å². The summed E-state index contributed by atoms with van der Waals surface area (Å²) in [6.07, 6.45) is -0.561. The number of carboxylic acid groups (broad SMARTS) is 1. The van der Waals surface area contributed by atoms with Gasteiger partial charge in [-0.15, -0.1) is 0 Å². The van der Waals surface area contributed by atoms with Crippen LogP contribution in [0, 0.1) is 0 Å². The van der Waals surface area contributed by atoms with Gasteiger partial charge >= 0.3 is 23.9 Å². The third-order valence-corrected chi connectivity index (χ3v) is 7.31. The SMILES string of the molecule is CCCC(=O)O[C@@H]1C(=O)OCc2c1cc1n(c2=O)Cc2c-1nc1ccc(OC(=O)CCC(=O)NCC(=O)O)cc1c2CC. The first kappa shape index (κ1) is 29.4. The molecule has 0 fully saturated rings. The summed E-state index contributed by atoms with van der Waals surface area (Å²) < 4.78 is 17.6. The number of nitrogens with one attached hydrogen (secondary N) is 1. The van der Waals surface area contributed by atoms with Crippen LogP contribution in [0.1, 0.15) is 67.9 Å². The molecule has 224 valence electrons. The molecule has 0 saturated heterocycles. The number of nitrogens with zero attached hydrogens (tertiary/aromatic N) is 2. The number of esters is 3. The van der Waals surface area contributed by atoms with Crippen molar-refractivity contribution in [3.8, 4) is 17.1 Å². The number of aromatic nitrogens is 2. The monoisotopic (exact) mass is 591 g/mol. The number of ether oxygens (including phenoxy) is 3. The average molecular weight is 592 g/mol. The fourth-order valence-corrected chi connectivity index (χ4v) is 5.31. The summed E-state index contributed by atoms with van der Waals surface area (Å²) in [5.74, 6) is -3.48. The number of pyridine rings is 2. The molecule has 1 amide bonds. The molecular formula is C30H29N3O10. The van der Waals surface area contributed by atoms with Crippen LogP contribution >= 0.6 is 0 Å². The van der Waals surface area contributed by atoms with Crippen molar-refractivity contribution in [3.63, 3.8) is 0 Å². The minimum absolute atomic E-state index is 0.124. The van der Waals surface area contributed by atoms with Gasteiger partial charge in [0, 0.05) is 29.4 Å². The van der Waals surface area contributed by atoms with Crippen LogP contribution in [0.2, 0.25) is 0 Å². The van der Waals surface area contributed by atoms with Crippen molar-refractivity contribution >= 4 is 40.7 Å². The first-order valence-electron chi connectivity index (χ1n) is 13.9. The largest absolute Gasteiger partial charge is 0.480 e. The predicted octanol–water partition coefficient (Wildman–Crippen LogP) is 2.32. The molecule has 0 saturated carbocycles. The Morgan fingerprint density at radius 2 is 1.86 bits per heavy atom. The van der Waals surface area contributed by atoms with Crippen LogP contribution in [-0.2, 0) is 53.0 Å². The molecule has 0 spiro atoms. The van der Waals surface area contributed by atoms with Crippen LogP contribution in [0.3, 0.4) is 0 Å². The lowest BCUT2D eigenvalue weighted by Crippen LogP contribution is -2.34. The molecule has 0 bridgehead atoms. The van der Waals surface area contributed by atoms with Crippen molar-refractivity contribution in [2.75, 3.05) is 6.54 Å². The minimum atomic E-state index is -1.34. The third-order valence-electron chi connectivity index (χ3n) is 7.31. The van der Waals surface area contributed by atoms with Gasteiger partial charge in [-0.25, -0.2) is 9.78 Å². The quantitative estimate of drug-likeness (QED) is 0.204. The molecule has 43 heavy (non-hydrogen) atoms. The van der Waals surface area contributed by atoms with Crippen molar-refractivity contribution in [2.24, 2.45) is 0 Å². The fourth-order valence-electron chi connectivity index (χ4n) is 5.31. The Hall–Kier alpha value is -5.07. The van der Waals surface area contributed by atoms with E-state index < -0.39 is 42.4 Å². The number of rotatable bonds is 10. The molecule has 2 aromatic heterocycles. The van der Waals surface area contributed by atoms with E-state index in [1.807, 2.05) is 13.8 Å². The van der Waals surface area contributed by atoms with Gasteiger partial charge in [-0.3, -0.25) is 24.0 Å². The molecular weight excluding hydrogens is 562 g/mol. The molecule has 0 radical (unpaired) electrons. The molecule has 1 aromatic carbocycles. The van der Waals surface area contributed by atoms with Crippen LogP contribution in [0.5, 0.6) is 5.75 Å². The number of carbonyl (C=O) groups is 5. The van der Waals surface area contributed by atoms with Crippen LogP contribution in [0.4, 0.5) is 0 Å². The normalized spacial score (nSPS) is 14.7. The Morgan fingerprint density at radius 1 is 1.07 bits per heavy atom. The molecule has 13 nitrogen and oxygen atoms in total. The Bertz CT molecular complexity index is 1740. The Labute approximate surface area is 244 Å². The van der Waals surface area contributed by atoms with Gasteiger partial charge < -0.3 is 29.2 Å². The van der Waals surface area contributed by atoms with E-state index in [2.05, 4.69) is 5.32 Å². The van der Waals surface area contributed by atoms with Gasteiger partial charge in [-0.1, -0.05) is 13.8 Å². The second-order valence-corrected chi connectivity index (χ2v) is 10.2. The van der Waals surface area contributed by atoms with Gasteiger partial charge in [-0.2, -0.15) is 0 Å². The molecule has 2 N–H and O–H groups in total. The third kappa shape index (κ3) is 5.83. The lowest BCUT2D eigenvalue weighted by molar-refractivity contribution is -0.171. The standard InChI is InChI=1S/C30H29N3O10/c1-3-5-25(37)43-28-18-11-22-27-19(13-33(22)29(39)20(18)14-41-30(28)40)16(4-2)17-10-15(6-7-21(17)32-27)42-26(38)9-8-23(34)31-12-24(35)36/h6-7,10-11,28H,3-5,8-9,12-14H2,1-2H3,(H,31,34)(H,35,36)/t28-/m0/s1. The van der Waals surface area contributed by atoms with Gasteiger partial charge in [-0.05, 0) is 42.7 Å². The van der Waals surface area contributed by atoms with Crippen molar-refractivity contribution in [1.29, 1.82) is 0 Å². The second-order valence-electron chi connectivity index (χ2n) is 10.2. The Kier molecular flexibility index (Phi) is 8.24. The summed E-state index contributed by atoms with van der Waals surface area (Å²) in [7, 11) is 0. The fraction of sp³-hybridized carbons (Fsp3) is 0.367. The van der Waals surface area contributed by atoms with Crippen LogP contribution in [-0.4, -0.2) is 51.0 Å². The zero-order valence-electron chi connectivity index (χ0n) is 23.6. The lowest BCUT2D eigenvalue weighted by atomic mass is 9.97. The maximum atomic E-state index is 13.6. The molecule has 3 aromatic rings. The molecule has 1 atom stereocenters. The number of aryl methyl sites for hydroxylation is 1. The van der Waals surface area contributed by atoms with Crippen LogP contribution in [0.15, 0.2) is 29.1 Å². The number of carboxylic acids is 1. The maximum absolute atomic E-state index is 13.6. The van der Waals surface area contributed by atoms with E-state index in [0.29, 0.717) is 35.3 Å². The average Bonchev–Trinajstić information content (AvgIpc) is 3.34. The zero-order valence-corrected chi connectivity index (χ0v) is 23.6. The molecule has 2 aliphatic rings. The zero-order chi connectivity index (χ0) is 30.8. The summed E-state index contributed by atoms with van der Waals surface area (Å²) in [6.45, 7) is 3.24. The van der Waals surface area contributed by atoms with E-state index in [1.165, 1.54) is 0 Å². The number of amides is 1. The highest BCUT2D eigenvalue weighted by Gasteiger charge is 2.37. The van der Waals surface area contributed by atoms with Crippen molar-refractivity contribution in [3.05, 3.63) is 56.9 Å². The molecule has 4 heterocycles. The number of hydrogen-bond donors (Lipinski definition) is 2. The summed E-state index contributed by atoms with van der Waals surface area (Å²) in [6, 6.07) is 6.60. The Morgan fingerprint density at radius 3 is 2.58 bits per heavy atom. The van der Waals surface area contributed by atoms with Crippen molar-refractivity contribution in [2.45, 2.75) is 65.2 Å². The number of benzene rings is 1. The summed E-state index contributed by atoms with van der Waals surface area (Å²) in [5.41, 5.74) is 3.54. The number of fused-ring (bicyclic) bond motifs is 5. The van der Waals surface area contributed by atoms with Gasteiger partial charge in [0.25, 0.3) is 5.56 Å². The molecule has 5 rings (SSSR count). The highest BCUT2D eigenvalue weighted by atomic mass is 16.6. The highest BCUT2D eigenvalue weighted by molar-refractivity contribution is 5.90. The minimum Gasteiger partial charge on any atom is -0.480 e. The molecule has 13 heteroatoms. The van der Waals surface area contributed by atoms with E-state index in [4.69, 9.17) is 24.3 Å². The van der Waals surface area contributed by atoms with E-state index >= 15 is 0 Å². The maximum Gasteiger partial charge on any atom is 0.352 e. The van der Waals surface area contributed by atoms with E-state index in [0.717, 1.165) is 16.5 Å². The van der Waals surface area contributed by atoms with Crippen molar-refractivity contribution in [1.82, 2.24) is 14.9 Å². The first-order valence-corrected chi connectivity index (χ1v) is 13.9. The topological polar surface area (TPSA) is 180 Å². The first-order chi connectivity index (χ1) is 20.6. The molecule has 2 aliphatic heterocycles. The summed E-state index contributed by atoms with van der Waals surface area (Å²) >= 11 is 0. The van der Waals surface area contributed by atoms with Gasteiger partial charge in [0.05, 0.1) is 35.4 Å². The van der Waals surface area contributed by atoms with Gasteiger partial charge in [0.2, 0.25) is 12.0 Å². The van der Waals surface area contributed by atoms with Crippen LogP contribution < -0.4 is 15.6 Å². The van der Waals surface area contributed by atoms with Gasteiger partial charge in [0.15, 0.2) is 0 Å². The Balaban J connectivity index is 1.45. The second kappa shape index (κ2) is 12.0. The number of hydrogen-bond acceptors (Lipinski definition) is 10. The van der Waals surface area contributed by atoms with E-state index in [1.54, 1.807) is 28.8 Å².